The van der Waals surface area contributed by atoms with E-state index in [1.54, 1.807) is 6.20 Å². The van der Waals surface area contributed by atoms with Crippen LogP contribution in [-0.2, 0) is 4.74 Å². The second-order valence-corrected chi connectivity index (χ2v) is 5.90. The second kappa shape index (κ2) is 7.02. The molecule has 5 nitrogen and oxygen atoms in total. The molecule has 0 spiro atoms. The Morgan fingerprint density at radius 1 is 1.27 bits per heavy atom. The summed E-state index contributed by atoms with van der Waals surface area (Å²) in [6.45, 7) is 6.03. The van der Waals surface area contributed by atoms with Gasteiger partial charge in [0.15, 0.2) is 0 Å². The van der Waals surface area contributed by atoms with Crippen molar-refractivity contribution < 1.29 is 9.53 Å². The molecule has 22 heavy (non-hydrogen) atoms. The van der Waals surface area contributed by atoms with Crippen LogP contribution in [0.5, 0.6) is 0 Å². The molecule has 0 saturated heterocycles. The minimum Gasteiger partial charge on any atom is -0.444 e. The molecule has 0 saturated carbocycles. The highest BCUT2D eigenvalue weighted by Crippen LogP contribution is 2.09. The molecule has 0 fully saturated rings. The van der Waals surface area contributed by atoms with Crippen LogP contribution >= 0.6 is 0 Å². The molecule has 1 amide bonds. The molecule has 0 radical (unpaired) electrons. The SMILES string of the molecule is CC(C)(C)OC(=O)NCCC=Cc1cnc2ccccc2n1. The molecule has 1 N–H and O–H groups in total. The summed E-state index contributed by atoms with van der Waals surface area (Å²) >= 11 is 0. The zero-order valence-corrected chi connectivity index (χ0v) is 13.2. The lowest BCUT2D eigenvalue weighted by molar-refractivity contribution is 0.0529. The fraction of sp³-hybridized carbons (Fsp3) is 0.353. The largest absolute Gasteiger partial charge is 0.444 e. The molecule has 1 heterocycles. The first-order valence-electron chi connectivity index (χ1n) is 7.29. The van der Waals surface area contributed by atoms with Gasteiger partial charge in [-0.05, 0) is 45.4 Å². The number of carbonyl (C=O) groups excluding carboxylic acids is 1. The fourth-order valence-corrected chi connectivity index (χ4v) is 1.83. The van der Waals surface area contributed by atoms with Gasteiger partial charge in [-0.25, -0.2) is 9.78 Å². The summed E-state index contributed by atoms with van der Waals surface area (Å²) in [5, 5.41) is 2.71. The van der Waals surface area contributed by atoms with Crippen molar-refractivity contribution in [3.05, 3.63) is 42.2 Å². The van der Waals surface area contributed by atoms with Crippen molar-refractivity contribution in [2.45, 2.75) is 32.8 Å². The van der Waals surface area contributed by atoms with Crippen LogP contribution in [-0.4, -0.2) is 28.2 Å². The number of rotatable bonds is 4. The molecule has 0 bridgehead atoms. The predicted octanol–water partition coefficient (Wildman–Crippen LogP) is 3.56. The molecule has 0 aliphatic rings. The Balaban J connectivity index is 1.80. The molecular formula is C17H21N3O2. The second-order valence-electron chi connectivity index (χ2n) is 5.90. The number of para-hydroxylation sites is 2. The van der Waals surface area contributed by atoms with Crippen LogP contribution in [0.3, 0.4) is 0 Å². The monoisotopic (exact) mass is 299 g/mol. The van der Waals surface area contributed by atoms with Gasteiger partial charge in [-0.3, -0.25) is 4.98 Å². The summed E-state index contributed by atoms with van der Waals surface area (Å²) in [5.41, 5.74) is 2.08. The number of fused-ring (bicyclic) bond motifs is 1. The van der Waals surface area contributed by atoms with E-state index in [0.717, 1.165) is 16.7 Å². The van der Waals surface area contributed by atoms with Gasteiger partial charge in [-0.15, -0.1) is 0 Å². The Hall–Kier alpha value is -2.43. The summed E-state index contributed by atoms with van der Waals surface area (Å²) in [6, 6.07) is 7.74. The van der Waals surface area contributed by atoms with Gasteiger partial charge in [0.05, 0.1) is 22.9 Å². The number of amides is 1. The van der Waals surface area contributed by atoms with Gasteiger partial charge >= 0.3 is 6.09 Å². The first-order chi connectivity index (χ1) is 10.4. The van der Waals surface area contributed by atoms with Gasteiger partial charge < -0.3 is 10.1 Å². The highest BCUT2D eigenvalue weighted by molar-refractivity contribution is 5.74. The summed E-state index contributed by atoms with van der Waals surface area (Å²) in [5.74, 6) is 0. The van der Waals surface area contributed by atoms with E-state index in [0.29, 0.717) is 13.0 Å². The van der Waals surface area contributed by atoms with E-state index in [9.17, 15) is 4.79 Å². The Labute approximate surface area is 130 Å². The van der Waals surface area contributed by atoms with Crippen molar-refractivity contribution in [3.8, 4) is 0 Å². The lowest BCUT2D eigenvalue weighted by Gasteiger charge is -2.19. The van der Waals surface area contributed by atoms with Crippen LogP contribution in [0.25, 0.3) is 17.1 Å². The average molecular weight is 299 g/mol. The third-order valence-electron chi connectivity index (χ3n) is 2.74. The standard InChI is InChI=1S/C17H21N3O2/c1-17(2,3)22-16(21)18-11-7-6-8-13-12-19-14-9-4-5-10-15(14)20-13/h4-6,8-10,12H,7,11H2,1-3H3,(H,18,21). The van der Waals surface area contributed by atoms with Crippen molar-refractivity contribution in [2.24, 2.45) is 0 Å². The molecule has 1 aromatic carbocycles. The van der Waals surface area contributed by atoms with E-state index in [2.05, 4.69) is 15.3 Å². The number of nitrogens with one attached hydrogen (secondary N) is 1. The van der Waals surface area contributed by atoms with Crippen molar-refractivity contribution in [3.63, 3.8) is 0 Å². The predicted molar refractivity (Wildman–Crippen MR) is 87.4 cm³/mol. The highest BCUT2D eigenvalue weighted by atomic mass is 16.6. The Morgan fingerprint density at radius 3 is 2.73 bits per heavy atom. The van der Waals surface area contributed by atoms with Gasteiger partial charge in [0.2, 0.25) is 0 Å². The maximum Gasteiger partial charge on any atom is 0.407 e. The quantitative estimate of drug-likeness (QED) is 0.877. The van der Waals surface area contributed by atoms with Crippen molar-refractivity contribution in [1.29, 1.82) is 0 Å². The Bertz CT molecular complexity index is 675. The van der Waals surface area contributed by atoms with Crippen molar-refractivity contribution in [1.82, 2.24) is 15.3 Å². The van der Waals surface area contributed by atoms with Gasteiger partial charge in [0, 0.05) is 6.54 Å². The van der Waals surface area contributed by atoms with E-state index >= 15 is 0 Å². The van der Waals surface area contributed by atoms with E-state index < -0.39 is 11.7 Å². The fourth-order valence-electron chi connectivity index (χ4n) is 1.83. The third kappa shape index (κ3) is 5.16. The molecule has 0 unspecified atom stereocenters. The van der Waals surface area contributed by atoms with Crippen LogP contribution < -0.4 is 5.32 Å². The number of nitrogens with zero attached hydrogens (tertiary/aromatic N) is 2. The first kappa shape index (κ1) is 15.9. The van der Waals surface area contributed by atoms with Crippen LogP contribution in [0.1, 0.15) is 32.9 Å². The lowest BCUT2D eigenvalue weighted by atomic mass is 10.2. The molecule has 2 aromatic rings. The molecule has 116 valence electrons. The van der Waals surface area contributed by atoms with E-state index in [1.807, 2.05) is 57.2 Å². The van der Waals surface area contributed by atoms with Gasteiger partial charge in [-0.2, -0.15) is 0 Å². The topological polar surface area (TPSA) is 64.1 Å². The van der Waals surface area contributed by atoms with E-state index in [4.69, 9.17) is 4.74 Å². The van der Waals surface area contributed by atoms with E-state index in [1.165, 1.54) is 0 Å². The maximum atomic E-state index is 11.5. The summed E-state index contributed by atoms with van der Waals surface area (Å²) < 4.78 is 5.15. The minimum absolute atomic E-state index is 0.397. The van der Waals surface area contributed by atoms with Crippen LogP contribution in [0, 0.1) is 0 Å². The molecular weight excluding hydrogens is 278 g/mol. The smallest absolute Gasteiger partial charge is 0.407 e. The van der Waals surface area contributed by atoms with E-state index in [-0.39, 0.29) is 0 Å². The zero-order valence-electron chi connectivity index (χ0n) is 13.2. The number of aromatic nitrogens is 2. The Kier molecular flexibility index (Phi) is 5.09. The van der Waals surface area contributed by atoms with Gasteiger partial charge in [0.1, 0.15) is 5.60 Å². The highest BCUT2D eigenvalue weighted by Gasteiger charge is 2.15. The maximum absolute atomic E-state index is 11.5. The number of alkyl carbamates (subject to hydrolysis) is 1. The lowest BCUT2D eigenvalue weighted by Crippen LogP contribution is -2.32. The number of ether oxygens (including phenoxy) is 1. The summed E-state index contributed by atoms with van der Waals surface area (Å²) in [6.07, 6.45) is 5.90. The first-order valence-corrected chi connectivity index (χ1v) is 7.29. The van der Waals surface area contributed by atoms with Crippen molar-refractivity contribution in [2.75, 3.05) is 6.54 Å². The zero-order chi connectivity index (χ0) is 16.0. The number of hydrogen-bond acceptors (Lipinski definition) is 4. The van der Waals surface area contributed by atoms with Crippen LogP contribution in [0.15, 0.2) is 36.5 Å². The molecule has 1 aromatic heterocycles. The van der Waals surface area contributed by atoms with Gasteiger partial charge in [-0.1, -0.05) is 18.2 Å². The average Bonchev–Trinajstić information content (AvgIpc) is 2.45. The number of benzene rings is 1. The number of carbonyl (C=O) groups is 1. The minimum atomic E-state index is -0.472. The molecule has 0 aliphatic heterocycles. The normalized spacial score (nSPS) is 11.8. The van der Waals surface area contributed by atoms with Crippen LogP contribution in [0.2, 0.25) is 0 Å². The molecule has 2 rings (SSSR count). The Morgan fingerprint density at radius 2 is 2.00 bits per heavy atom. The summed E-state index contributed by atoms with van der Waals surface area (Å²) in [4.78, 5) is 20.3. The molecule has 5 heteroatoms. The third-order valence-corrected chi connectivity index (χ3v) is 2.74. The molecule has 0 aliphatic carbocycles. The number of hydrogen-bond donors (Lipinski definition) is 1. The summed E-state index contributed by atoms with van der Waals surface area (Å²) in [7, 11) is 0. The molecule has 0 atom stereocenters. The van der Waals surface area contributed by atoms with Crippen LogP contribution in [0.4, 0.5) is 4.79 Å². The van der Waals surface area contributed by atoms with Crippen molar-refractivity contribution >= 4 is 23.2 Å². The van der Waals surface area contributed by atoms with Gasteiger partial charge in [0.25, 0.3) is 0 Å².